The molecule has 0 aliphatic carbocycles. The second-order valence-electron chi connectivity index (χ2n) is 4.18. The van der Waals surface area contributed by atoms with E-state index in [0.29, 0.717) is 18.4 Å². The number of fused-ring (bicyclic) bond motifs is 1. The van der Waals surface area contributed by atoms with Gasteiger partial charge in [-0.2, -0.15) is 0 Å². The van der Waals surface area contributed by atoms with E-state index in [4.69, 9.17) is 16.3 Å². The van der Waals surface area contributed by atoms with Crippen molar-refractivity contribution in [3.8, 4) is 0 Å². The first-order valence-electron chi connectivity index (χ1n) is 5.61. The standard InChI is InChI=1S/C12H16ClN3O/c1-9(8-17-2)7-16-11(6-13)15-10-4-3-5-14-12(10)16/h3-5,9H,6-8H2,1-2H3. The van der Waals surface area contributed by atoms with Crippen LogP contribution in [0.4, 0.5) is 0 Å². The lowest BCUT2D eigenvalue weighted by Gasteiger charge is -2.13. The Kier molecular flexibility index (Phi) is 3.97. The lowest BCUT2D eigenvalue weighted by Crippen LogP contribution is -2.14. The van der Waals surface area contributed by atoms with E-state index in [1.807, 2.05) is 12.1 Å². The molecule has 4 nitrogen and oxygen atoms in total. The van der Waals surface area contributed by atoms with Gasteiger partial charge in [0.05, 0.1) is 12.5 Å². The van der Waals surface area contributed by atoms with E-state index in [2.05, 4.69) is 21.5 Å². The molecule has 2 rings (SSSR count). The summed E-state index contributed by atoms with van der Waals surface area (Å²) in [6.45, 7) is 3.67. The van der Waals surface area contributed by atoms with Gasteiger partial charge in [0.2, 0.25) is 0 Å². The molecule has 0 bridgehead atoms. The number of imidazole rings is 1. The Bertz CT molecular complexity index is 497. The van der Waals surface area contributed by atoms with Crippen LogP contribution in [0, 0.1) is 5.92 Å². The fourth-order valence-corrected chi connectivity index (χ4v) is 2.15. The van der Waals surface area contributed by atoms with Crippen LogP contribution >= 0.6 is 11.6 Å². The van der Waals surface area contributed by atoms with Crippen molar-refractivity contribution in [2.45, 2.75) is 19.3 Å². The summed E-state index contributed by atoms with van der Waals surface area (Å²) < 4.78 is 7.23. The van der Waals surface area contributed by atoms with E-state index < -0.39 is 0 Å². The molecule has 1 unspecified atom stereocenters. The van der Waals surface area contributed by atoms with Crippen LogP contribution < -0.4 is 0 Å². The quantitative estimate of drug-likeness (QED) is 0.769. The van der Waals surface area contributed by atoms with Crippen molar-refractivity contribution in [1.29, 1.82) is 0 Å². The van der Waals surface area contributed by atoms with Crippen molar-refractivity contribution < 1.29 is 4.74 Å². The third-order valence-electron chi connectivity index (χ3n) is 2.65. The highest BCUT2D eigenvalue weighted by Crippen LogP contribution is 2.17. The average Bonchev–Trinajstić information content (AvgIpc) is 2.68. The molecule has 0 N–H and O–H groups in total. The van der Waals surface area contributed by atoms with E-state index in [-0.39, 0.29) is 0 Å². The lowest BCUT2D eigenvalue weighted by molar-refractivity contribution is 0.151. The van der Waals surface area contributed by atoms with Crippen LogP contribution in [0.2, 0.25) is 0 Å². The Morgan fingerprint density at radius 3 is 3.06 bits per heavy atom. The van der Waals surface area contributed by atoms with Gasteiger partial charge >= 0.3 is 0 Å². The van der Waals surface area contributed by atoms with E-state index in [1.165, 1.54) is 0 Å². The second kappa shape index (κ2) is 5.47. The van der Waals surface area contributed by atoms with Crippen molar-refractivity contribution in [3.05, 3.63) is 24.2 Å². The topological polar surface area (TPSA) is 39.9 Å². The first kappa shape index (κ1) is 12.3. The van der Waals surface area contributed by atoms with Crippen molar-refractivity contribution in [2.75, 3.05) is 13.7 Å². The van der Waals surface area contributed by atoms with Crippen molar-refractivity contribution >= 4 is 22.8 Å². The summed E-state index contributed by atoms with van der Waals surface area (Å²) in [5.41, 5.74) is 1.79. The molecule has 5 heteroatoms. The number of hydrogen-bond donors (Lipinski definition) is 0. The van der Waals surface area contributed by atoms with Gasteiger partial charge in [-0.15, -0.1) is 11.6 Å². The zero-order chi connectivity index (χ0) is 12.3. The largest absolute Gasteiger partial charge is 0.384 e. The molecule has 1 atom stereocenters. The smallest absolute Gasteiger partial charge is 0.160 e. The summed E-state index contributed by atoms with van der Waals surface area (Å²) >= 11 is 5.92. The molecule has 92 valence electrons. The Labute approximate surface area is 106 Å². The summed E-state index contributed by atoms with van der Waals surface area (Å²) in [6.07, 6.45) is 1.78. The third kappa shape index (κ3) is 2.58. The minimum atomic E-state index is 0.399. The van der Waals surface area contributed by atoms with Crippen molar-refractivity contribution in [2.24, 2.45) is 5.92 Å². The van der Waals surface area contributed by atoms with E-state index >= 15 is 0 Å². The van der Waals surface area contributed by atoms with Crippen LogP contribution in [0.3, 0.4) is 0 Å². The molecular formula is C12H16ClN3O. The first-order valence-corrected chi connectivity index (χ1v) is 6.14. The van der Waals surface area contributed by atoms with Crippen LogP contribution in [-0.4, -0.2) is 28.3 Å². The predicted octanol–water partition coefficient (Wildman–Crippen LogP) is 2.45. The predicted molar refractivity (Wildman–Crippen MR) is 68.1 cm³/mol. The Morgan fingerprint density at radius 2 is 2.35 bits per heavy atom. The molecular weight excluding hydrogens is 238 g/mol. The highest BCUT2D eigenvalue weighted by atomic mass is 35.5. The highest BCUT2D eigenvalue weighted by molar-refractivity contribution is 6.16. The van der Waals surface area contributed by atoms with Gasteiger partial charge in [0.1, 0.15) is 11.3 Å². The van der Waals surface area contributed by atoms with Crippen molar-refractivity contribution in [3.63, 3.8) is 0 Å². The molecule has 0 saturated heterocycles. The molecule has 0 aliphatic heterocycles. The number of methoxy groups -OCH3 is 1. The van der Waals surface area contributed by atoms with E-state index in [9.17, 15) is 0 Å². The van der Waals surface area contributed by atoms with Gasteiger partial charge in [0.25, 0.3) is 0 Å². The molecule has 0 aromatic carbocycles. The summed E-state index contributed by atoms with van der Waals surface area (Å²) in [6, 6.07) is 3.84. The number of rotatable bonds is 5. The summed E-state index contributed by atoms with van der Waals surface area (Å²) in [5, 5.41) is 0. The number of aromatic nitrogens is 3. The van der Waals surface area contributed by atoms with Crippen LogP contribution in [0.1, 0.15) is 12.7 Å². The molecule has 0 fully saturated rings. The first-order chi connectivity index (χ1) is 8.26. The van der Waals surface area contributed by atoms with Gasteiger partial charge in [-0.05, 0) is 18.1 Å². The molecule has 2 heterocycles. The third-order valence-corrected chi connectivity index (χ3v) is 2.89. The number of pyridine rings is 1. The van der Waals surface area contributed by atoms with Gasteiger partial charge in [-0.3, -0.25) is 0 Å². The van der Waals surface area contributed by atoms with Crippen LogP contribution in [-0.2, 0) is 17.2 Å². The average molecular weight is 254 g/mol. The minimum absolute atomic E-state index is 0.399. The SMILES string of the molecule is COCC(C)Cn1c(CCl)nc2cccnc21. The Morgan fingerprint density at radius 1 is 1.53 bits per heavy atom. The number of ether oxygens (including phenoxy) is 1. The molecule has 0 saturated carbocycles. The minimum Gasteiger partial charge on any atom is -0.384 e. The number of nitrogens with zero attached hydrogens (tertiary/aromatic N) is 3. The summed E-state index contributed by atoms with van der Waals surface area (Å²) in [7, 11) is 1.71. The van der Waals surface area contributed by atoms with Crippen molar-refractivity contribution in [1.82, 2.24) is 14.5 Å². The highest BCUT2D eigenvalue weighted by Gasteiger charge is 2.13. The maximum Gasteiger partial charge on any atom is 0.160 e. The lowest BCUT2D eigenvalue weighted by atomic mass is 10.2. The number of alkyl halides is 1. The van der Waals surface area contributed by atoms with Gasteiger partial charge in [0.15, 0.2) is 5.65 Å². The Balaban J connectivity index is 2.36. The number of halogens is 1. The maximum absolute atomic E-state index is 5.92. The second-order valence-corrected chi connectivity index (χ2v) is 4.45. The zero-order valence-corrected chi connectivity index (χ0v) is 10.8. The molecule has 0 spiro atoms. The summed E-state index contributed by atoms with van der Waals surface area (Å²) in [4.78, 5) is 8.84. The Hall–Kier alpha value is -1.13. The molecule has 0 aliphatic rings. The van der Waals surface area contributed by atoms with Gasteiger partial charge in [-0.25, -0.2) is 9.97 Å². The van der Waals surface area contributed by atoms with Crippen LogP contribution in [0.15, 0.2) is 18.3 Å². The molecule has 2 aromatic heterocycles. The van der Waals surface area contributed by atoms with Gasteiger partial charge in [0, 0.05) is 19.9 Å². The zero-order valence-electron chi connectivity index (χ0n) is 10.1. The van der Waals surface area contributed by atoms with Gasteiger partial charge < -0.3 is 9.30 Å². The molecule has 2 aromatic rings. The van der Waals surface area contributed by atoms with Crippen LogP contribution in [0.25, 0.3) is 11.2 Å². The normalized spacial score (nSPS) is 13.1. The van der Waals surface area contributed by atoms with Crippen LogP contribution in [0.5, 0.6) is 0 Å². The molecule has 17 heavy (non-hydrogen) atoms. The monoisotopic (exact) mass is 253 g/mol. The molecule has 0 radical (unpaired) electrons. The fourth-order valence-electron chi connectivity index (χ4n) is 1.95. The number of hydrogen-bond acceptors (Lipinski definition) is 3. The summed E-state index contributed by atoms with van der Waals surface area (Å²) in [5.74, 6) is 1.67. The van der Waals surface area contributed by atoms with E-state index in [0.717, 1.165) is 23.5 Å². The fraction of sp³-hybridized carbons (Fsp3) is 0.500. The van der Waals surface area contributed by atoms with E-state index in [1.54, 1.807) is 13.3 Å². The maximum atomic E-state index is 5.92. The van der Waals surface area contributed by atoms with Gasteiger partial charge in [-0.1, -0.05) is 6.92 Å². The molecule has 0 amide bonds.